The molecule has 3 rings (SSSR count). The van der Waals surface area contributed by atoms with Gasteiger partial charge < -0.3 is 10.2 Å². The highest BCUT2D eigenvalue weighted by Gasteiger charge is 2.27. The van der Waals surface area contributed by atoms with Gasteiger partial charge in [-0.3, -0.25) is 0 Å². The molecule has 136 valence electrons. The molecule has 0 aliphatic heterocycles. The summed E-state index contributed by atoms with van der Waals surface area (Å²) in [6, 6.07) is 12.2. The Morgan fingerprint density at radius 3 is 2.23 bits per heavy atom. The van der Waals surface area contributed by atoms with Crippen LogP contribution in [0.4, 0.5) is 0 Å². The monoisotopic (exact) mass is 372 g/mol. The quantitative estimate of drug-likeness (QED) is 0.764. The van der Waals surface area contributed by atoms with Crippen LogP contribution in [-0.2, 0) is 10.0 Å². The molecule has 1 saturated carbocycles. The maximum atomic E-state index is 12.5. The fourth-order valence-electron chi connectivity index (χ4n) is 3.40. The lowest BCUT2D eigenvalue weighted by atomic mass is 9.81. The molecule has 0 saturated heterocycles. The van der Waals surface area contributed by atoms with Crippen LogP contribution in [0.5, 0.6) is 11.5 Å². The van der Waals surface area contributed by atoms with Crippen molar-refractivity contribution in [1.82, 2.24) is 4.72 Å². The second-order valence-electron chi connectivity index (χ2n) is 6.55. The largest absolute Gasteiger partial charge is 0.508 e. The van der Waals surface area contributed by atoms with Gasteiger partial charge in [0, 0.05) is 12.1 Å². The molecule has 1 fully saturated rings. The summed E-state index contributed by atoms with van der Waals surface area (Å²) >= 11 is 0. The molecule has 0 atom stereocenters. The number of rotatable bonds is 4. The molecular weight excluding hydrogens is 352 g/mol. The third kappa shape index (κ3) is 3.98. The fraction of sp³-hybridized carbons (Fsp3) is 0.316. The number of aromatic hydroxyl groups is 2. The van der Waals surface area contributed by atoms with E-state index in [0.29, 0.717) is 18.4 Å². The maximum Gasteiger partial charge on any atom is 0.240 e. The summed E-state index contributed by atoms with van der Waals surface area (Å²) in [5.41, 5.74) is 1.20. The number of hydrogen-bond donors (Lipinski definition) is 3. The Kier molecular flexibility index (Phi) is 5.16. The van der Waals surface area contributed by atoms with Crippen LogP contribution in [0.15, 0.2) is 47.4 Å². The highest BCUT2D eigenvalue weighted by molar-refractivity contribution is 7.89. The normalized spacial score (nSPS) is 20.4. The molecular formula is C19H20N2O4S. The van der Waals surface area contributed by atoms with Crippen LogP contribution in [0.3, 0.4) is 0 Å². The lowest BCUT2D eigenvalue weighted by Crippen LogP contribution is -2.37. The van der Waals surface area contributed by atoms with Crippen molar-refractivity contribution < 1.29 is 18.6 Å². The van der Waals surface area contributed by atoms with Crippen LogP contribution in [0.25, 0.3) is 0 Å². The zero-order valence-corrected chi connectivity index (χ0v) is 14.9. The third-order valence-electron chi connectivity index (χ3n) is 4.80. The van der Waals surface area contributed by atoms with Gasteiger partial charge in [-0.2, -0.15) is 5.26 Å². The van der Waals surface area contributed by atoms with Crippen LogP contribution >= 0.6 is 0 Å². The van der Waals surface area contributed by atoms with E-state index in [2.05, 4.69) is 4.72 Å². The predicted octanol–water partition coefficient (Wildman–Crippen LogP) is 2.97. The summed E-state index contributed by atoms with van der Waals surface area (Å²) in [6.45, 7) is 0. The van der Waals surface area contributed by atoms with E-state index in [-0.39, 0.29) is 28.4 Å². The first kappa shape index (κ1) is 18.2. The molecule has 0 unspecified atom stereocenters. The van der Waals surface area contributed by atoms with Gasteiger partial charge in [-0.15, -0.1) is 0 Å². The van der Waals surface area contributed by atoms with Crippen molar-refractivity contribution in [2.75, 3.05) is 0 Å². The molecule has 2 aromatic carbocycles. The van der Waals surface area contributed by atoms with Crippen molar-refractivity contribution in [1.29, 1.82) is 5.26 Å². The molecule has 1 aliphatic carbocycles. The summed E-state index contributed by atoms with van der Waals surface area (Å²) in [7, 11) is -3.62. The summed E-state index contributed by atoms with van der Waals surface area (Å²) < 4.78 is 27.7. The number of nitrogens with zero attached hydrogens (tertiary/aromatic N) is 1. The first-order valence-electron chi connectivity index (χ1n) is 8.43. The molecule has 1 aliphatic rings. The van der Waals surface area contributed by atoms with Crippen molar-refractivity contribution in [2.45, 2.75) is 42.5 Å². The number of sulfonamides is 1. The lowest BCUT2D eigenvalue weighted by Gasteiger charge is -2.29. The Balaban J connectivity index is 1.63. The number of hydrogen-bond acceptors (Lipinski definition) is 5. The highest BCUT2D eigenvalue weighted by atomic mass is 32.2. The van der Waals surface area contributed by atoms with E-state index in [1.807, 2.05) is 6.07 Å². The van der Waals surface area contributed by atoms with Crippen molar-refractivity contribution >= 4 is 10.0 Å². The molecule has 2 aromatic rings. The lowest BCUT2D eigenvalue weighted by molar-refractivity contribution is 0.362. The second-order valence-corrected chi connectivity index (χ2v) is 8.26. The summed E-state index contributed by atoms with van der Waals surface area (Å²) in [6.07, 6.45) is 2.83. The van der Waals surface area contributed by atoms with Gasteiger partial charge in [0.15, 0.2) is 0 Å². The molecule has 0 aromatic heterocycles. The Labute approximate surface area is 152 Å². The smallest absolute Gasteiger partial charge is 0.240 e. The number of phenols is 2. The average molecular weight is 372 g/mol. The first-order valence-corrected chi connectivity index (χ1v) is 9.92. The van der Waals surface area contributed by atoms with Crippen molar-refractivity contribution in [3.8, 4) is 17.6 Å². The number of nitrogens with one attached hydrogen (secondary N) is 1. The Bertz CT molecular complexity index is 925. The van der Waals surface area contributed by atoms with Gasteiger partial charge in [-0.1, -0.05) is 6.07 Å². The van der Waals surface area contributed by atoms with Crippen LogP contribution in [-0.4, -0.2) is 24.7 Å². The van der Waals surface area contributed by atoms with Crippen molar-refractivity contribution in [3.63, 3.8) is 0 Å². The third-order valence-corrected chi connectivity index (χ3v) is 6.33. The van der Waals surface area contributed by atoms with Gasteiger partial charge in [0.1, 0.15) is 11.5 Å². The van der Waals surface area contributed by atoms with E-state index in [4.69, 9.17) is 5.26 Å². The van der Waals surface area contributed by atoms with Crippen LogP contribution in [0, 0.1) is 11.3 Å². The molecule has 0 amide bonds. The maximum absolute atomic E-state index is 12.5. The topological polar surface area (TPSA) is 110 Å². The number of phenolic OH excluding ortho intramolecular Hbond substituents is 2. The zero-order chi connectivity index (χ0) is 18.7. The SMILES string of the molecule is N#Cc1ccc(S(=O)(=O)NC2CCC(c3ccc(O)cc3O)CC2)cc1. The summed E-state index contributed by atoms with van der Waals surface area (Å²) in [5, 5.41) is 28.2. The van der Waals surface area contributed by atoms with Crippen LogP contribution < -0.4 is 4.72 Å². The van der Waals surface area contributed by atoms with Crippen molar-refractivity contribution in [2.24, 2.45) is 0 Å². The van der Waals surface area contributed by atoms with Gasteiger partial charge >= 0.3 is 0 Å². The summed E-state index contributed by atoms with van der Waals surface area (Å²) in [5.74, 6) is 0.244. The van der Waals surface area contributed by atoms with Gasteiger partial charge in [0.25, 0.3) is 0 Å². The zero-order valence-electron chi connectivity index (χ0n) is 14.1. The van der Waals surface area contributed by atoms with Crippen molar-refractivity contribution in [3.05, 3.63) is 53.6 Å². The van der Waals surface area contributed by atoms with E-state index in [1.54, 1.807) is 12.1 Å². The first-order chi connectivity index (χ1) is 12.4. The standard InChI is InChI=1S/C19H20N2O4S/c20-12-13-1-8-17(9-2-13)26(24,25)21-15-5-3-14(4-6-15)18-10-7-16(22)11-19(18)23/h1-2,7-11,14-15,21-23H,3-6H2. The number of benzene rings is 2. The molecule has 3 N–H and O–H groups in total. The van der Waals surface area contributed by atoms with Gasteiger partial charge in [-0.05, 0) is 67.5 Å². The molecule has 0 radical (unpaired) electrons. The summed E-state index contributed by atoms with van der Waals surface area (Å²) in [4.78, 5) is 0.148. The predicted molar refractivity (Wildman–Crippen MR) is 96.2 cm³/mol. The molecule has 0 heterocycles. The minimum atomic E-state index is -3.62. The van der Waals surface area contributed by atoms with E-state index in [9.17, 15) is 18.6 Å². The minimum absolute atomic E-state index is 0.0233. The van der Waals surface area contributed by atoms with Gasteiger partial charge in [0.2, 0.25) is 10.0 Å². The van der Waals surface area contributed by atoms with E-state index >= 15 is 0 Å². The van der Waals surface area contributed by atoms with Gasteiger partial charge in [0.05, 0.1) is 16.5 Å². The number of nitriles is 1. The molecule has 0 bridgehead atoms. The molecule has 7 heteroatoms. The fourth-order valence-corrected chi connectivity index (χ4v) is 4.70. The Morgan fingerprint density at radius 2 is 1.65 bits per heavy atom. The van der Waals surface area contributed by atoms with Gasteiger partial charge in [-0.25, -0.2) is 13.1 Å². The molecule has 0 spiro atoms. The Hall–Kier alpha value is -2.56. The highest BCUT2D eigenvalue weighted by Crippen LogP contribution is 2.38. The van der Waals surface area contributed by atoms with Crippen LogP contribution in [0.2, 0.25) is 0 Å². The second kappa shape index (κ2) is 7.36. The Morgan fingerprint density at radius 1 is 1.00 bits per heavy atom. The van der Waals surface area contributed by atoms with E-state index in [1.165, 1.54) is 30.3 Å². The average Bonchev–Trinajstić information content (AvgIpc) is 2.62. The van der Waals surface area contributed by atoms with Crippen LogP contribution in [0.1, 0.15) is 42.7 Å². The molecule has 26 heavy (non-hydrogen) atoms. The van der Waals surface area contributed by atoms with E-state index in [0.717, 1.165) is 18.4 Å². The minimum Gasteiger partial charge on any atom is -0.508 e. The molecule has 6 nitrogen and oxygen atoms in total. The van der Waals surface area contributed by atoms with E-state index < -0.39 is 10.0 Å².